The topological polar surface area (TPSA) is 14.1 Å². The number of rotatable bonds is 2. The minimum Gasteiger partial charge on any atom is -0.253 e. The van der Waals surface area contributed by atoms with Crippen molar-refractivity contribution >= 4 is 11.3 Å². The van der Waals surface area contributed by atoms with Gasteiger partial charge in [-0.3, -0.25) is 5.32 Å². The fourth-order valence-electron chi connectivity index (χ4n) is 3.01. The van der Waals surface area contributed by atoms with Gasteiger partial charge in [0.2, 0.25) is 0 Å². The van der Waals surface area contributed by atoms with Crippen molar-refractivity contribution in [1.82, 2.24) is 5.32 Å². The number of hydrogen-bond donors (Lipinski definition) is 0. The van der Waals surface area contributed by atoms with Crippen LogP contribution in [0.1, 0.15) is 49.3 Å². The summed E-state index contributed by atoms with van der Waals surface area (Å²) < 4.78 is 0. The Labute approximate surface area is 97.6 Å². The summed E-state index contributed by atoms with van der Waals surface area (Å²) in [5.74, 6) is 0. The van der Waals surface area contributed by atoms with Crippen molar-refractivity contribution in [1.29, 1.82) is 0 Å². The molecule has 0 bridgehead atoms. The molecular formula is C15H18N. The molecule has 0 aromatic heterocycles. The lowest BCUT2D eigenvalue weighted by atomic mass is 9.92. The third kappa shape index (κ3) is 1.31. The van der Waals surface area contributed by atoms with Crippen LogP contribution in [0.2, 0.25) is 0 Å². The molecule has 1 heteroatoms. The van der Waals surface area contributed by atoms with Gasteiger partial charge in [0.15, 0.2) is 0 Å². The molecule has 1 aromatic carbocycles. The van der Waals surface area contributed by atoms with Crippen LogP contribution in [-0.4, -0.2) is 0 Å². The lowest BCUT2D eigenvalue weighted by Gasteiger charge is -2.12. The Bertz CT molecular complexity index is 469. The Balaban J connectivity index is 2.15. The van der Waals surface area contributed by atoms with Crippen LogP contribution in [0.25, 0.3) is 5.57 Å². The van der Waals surface area contributed by atoms with Crippen LogP contribution in [0.5, 0.6) is 0 Å². The molecule has 1 radical (unpaired) electrons. The van der Waals surface area contributed by atoms with E-state index in [4.69, 9.17) is 5.32 Å². The monoisotopic (exact) mass is 212 g/mol. The Morgan fingerprint density at radius 3 is 2.94 bits per heavy atom. The fourth-order valence-corrected chi connectivity index (χ4v) is 3.01. The maximum absolute atomic E-state index is 4.78. The van der Waals surface area contributed by atoms with Crippen LogP contribution in [-0.2, 0) is 6.42 Å². The van der Waals surface area contributed by atoms with Crippen molar-refractivity contribution in [3.63, 3.8) is 0 Å². The number of aryl methyl sites for hydroxylation is 1. The van der Waals surface area contributed by atoms with E-state index in [0.717, 1.165) is 0 Å². The summed E-state index contributed by atoms with van der Waals surface area (Å²) in [4.78, 5) is 0. The summed E-state index contributed by atoms with van der Waals surface area (Å²) in [5.41, 5.74) is 8.65. The lowest BCUT2D eigenvalue weighted by molar-refractivity contribution is 0.853. The van der Waals surface area contributed by atoms with Gasteiger partial charge in [0.05, 0.1) is 5.69 Å². The minimum absolute atomic E-state index is 1.19. The molecule has 0 saturated carbocycles. The molecule has 0 atom stereocenters. The fraction of sp³-hybridized carbons (Fsp3) is 0.467. The molecule has 1 aromatic rings. The summed E-state index contributed by atoms with van der Waals surface area (Å²) in [6.07, 6.45) is 6.15. The van der Waals surface area contributed by atoms with Gasteiger partial charge in [-0.15, -0.1) is 0 Å². The van der Waals surface area contributed by atoms with Crippen LogP contribution >= 0.6 is 0 Å². The van der Waals surface area contributed by atoms with E-state index < -0.39 is 0 Å². The average Bonchev–Trinajstić information content (AvgIpc) is 2.82. The van der Waals surface area contributed by atoms with Crippen LogP contribution < -0.4 is 5.32 Å². The van der Waals surface area contributed by atoms with Crippen molar-refractivity contribution in [3.05, 3.63) is 34.5 Å². The van der Waals surface area contributed by atoms with Crippen LogP contribution in [0.3, 0.4) is 0 Å². The summed E-state index contributed by atoms with van der Waals surface area (Å²) in [7, 11) is 0. The zero-order valence-corrected chi connectivity index (χ0v) is 10.1. The average molecular weight is 212 g/mol. The van der Waals surface area contributed by atoms with E-state index in [1.54, 1.807) is 11.1 Å². The Hall–Kier alpha value is -1.24. The Morgan fingerprint density at radius 2 is 2.12 bits per heavy atom. The molecule has 0 unspecified atom stereocenters. The second kappa shape index (κ2) is 3.65. The molecule has 2 aliphatic rings. The van der Waals surface area contributed by atoms with Gasteiger partial charge in [-0.1, -0.05) is 19.4 Å². The van der Waals surface area contributed by atoms with Gasteiger partial charge in [0, 0.05) is 11.3 Å². The summed E-state index contributed by atoms with van der Waals surface area (Å²) in [6.45, 7) is 4.49. The molecule has 3 rings (SSSR count). The molecule has 0 fully saturated rings. The maximum Gasteiger partial charge on any atom is 0.0711 e. The number of fused-ring (bicyclic) bond motifs is 2. The van der Waals surface area contributed by atoms with E-state index in [1.807, 2.05) is 0 Å². The number of benzene rings is 1. The van der Waals surface area contributed by atoms with Crippen LogP contribution in [0, 0.1) is 6.92 Å². The first-order chi connectivity index (χ1) is 7.81. The van der Waals surface area contributed by atoms with Crippen molar-refractivity contribution in [2.24, 2.45) is 0 Å². The van der Waals surface area contributed by atoms with E-state index >= 15 is 0 Å². The summed E-state index contributed by atoms with van der Waals surface area (Å²) in [6, 6.07) is 4.43. The third-order valence-electron chi connectivity index (χ3n) is 3.77. The molecule has 16 heavy (non-hydrogen) atoms. The van der Waals surface area contributed by atoms with Crippen LogP contribution in [0.15, 0.2) is 17.8 Å². The molecule has 0 N–H and O–H groups in total. The second-order valence-electron chi connectivity index (χ2n) is 4.90. The molecule has 1 aliphatic heterocycles. The van der Waals surface area contributed by atoms with Crippen molar-refractivity contribution < 1.29 is 0 Å². The van der Waals surface area contributed by atoms with E-state index in [2.05, 4.69) is 26.0 Å². The highest BCUT2D eigenvalue weighted by Crippen LogP contribution is 2.46. The van der Waals surface area contributed by atoms with Gasteiger partial charge in [-0.25, -0.2) is 0 Å². The van der Waals surface area contributed by atoms with Gasteiger partial charge < -0.3 is 0 Å². The van der Waals surface area contributed by atoms with Crippen molar-refractivity contribution in [3.8, 4) is 0 Å². The standard InChI is InChI=1S/C15H18N/c1-3-5-11-10(2)8-9-14-15(11)12-6-4-7-13(12)16-14/h8-9H,3-7H2,1-2H3. The number of hydrogen-bond acceptors (Lipinski definition) is 0. The summed E-state index contributed by atoms with van der Waals surface area (Å²) in [5, 5.41) is 4.78. The zero-order valence-electron chi connectivity index (χ0n) is 10.1. The highest BCUT2D eigenvalue weighted by atomic mass is 14.9. The van der Waals surface area contributed by atoms with Crippen LogP contribution in [0.4, 0.5) is 5.69 Å². The van der Waals surface area contributed by atoms with Gasteiger partial charge in [0.25, 0.3) is 0 Å². The highest BCUT2D eigenvalue weighted by Gasteiger charge is 2.28. The lowest BCUT2D eigenvalue weighted by Crippen LogP contribution is -1.97. The molecule has 1 nitrogen and oxygen atoms in total. The predicted octanol–water partition coefficient (Wildman–Crippen LogP) is 4.09. The number of allylic oxidation sites excluding steroid dienone is 2. The molecule has 0 spiro atoms. The first-order valence-corrected chi connectivity index (χ1v) is 6.38. The molecule has 1 aliphatic carbocycles. The Kier molecular flexibility index (Phi) is 2.27. The normalized spacial score (nSPS) is 17.4. The SMILES string of the molecule is CCCc1c(C)ccc2c1C1=C(CCC1)[N]2. The van der Waals surface area contributed by atoms with Crippen molar-refractivity contribution in [2.75, 3.05) is 0 Å². The molecule has 1 heterocycles. The molecular weight excluding hydrogens is 194 g/mol. The molecule has 0 saturated heterocycles. The van der Waals surface area contributed by atoms with E-state index in [9.17, 15) is 0 Å². The first kappa shape index (κ1) is 9.95. The zero-order chi connectivity index (χ0) is 11.1. The first-order valence-electron chi connectivity index (χ1n) is 6.38. The third-order valence-corrected chi connectivity index (χ3v) is 3.77. The van der Waals surface area contributed by atoms with E-state index in [-0.39, 0.29) is 0 Å². The molecule has 83 valence electrons. The van der Waals surface area contributed by atoms with Crippen molar-refractivity contribution in [2.45, 2.75) is 46.0 Å². The second-order valence-corrected chi connectivity index (χ2v) is 4.90. The minimum atomic E-state index is 1.19. The largest absolute Gasteiger partial charge is 0.253 e. The van der Waals surface area contributed by atoms with Gasteiger partial charge in [0.1, 0.15) is 0 Å². The van der Waals surface area contributed by atoms with E-state index in [1.165, 1.54) is 54.6 Å². The quantitative estimate of drug-likeness (QED) is 0.701. The molecule has 0 amide bonds. The Morgan fingerprint density at radius 1 is 1.25 bits per heavy atom. The predicted molar refractivity (Wildman–Crippen MR) is 67.7 cm³/mol. The number of nitrogens with zero attached hydrogens (tertiary/aromatic N) is 1. The van der Waals surface area contributed by atoms with Gasteiger partial charge >= 0.3 is 0 Å². The summed E-state index contributed by atoms with van der Waals surface area (Å²) >= 11 is 0. The van der Waals surface area contributed by atoms with Gasteiger partial charge in [-0.2, -0.15) is 0 Å². The smallest absolute Gasteiger partial charge is 0.0711 e. The van der Waals surface area contributed by atoms with E-state index in [0.29, 0.717) is 0 Å². The highest BCUT2D eigenvalue weighted by molar-refractivity contribution is 5.85. The van der Waals surface area contributed by atoms with Gasteiger partial charge in [-0.05, 0) is 55.4 Å². The maximum atomic E-state index is 4.78.